The summed E-state index contributed by atoms with van der Waals surface area (Å²) in [5.41, 5.74) is 8.39. The Bertz CT molecular complexity index is 863. The van der Waals surface area contributed by atoms with Gasteiger partial charge in [-0.1, -0.05) is 36.8 Å². The SMILES string of the molecule is NC(=O)C1(Cc2cccc(-c3cccnc3)c2)CCCN(C(=O)C2CCC2)C1. The highest BCUT2D eigenvalue weighted by Crippen LogP contribution is 2.37. The van der Waals surface area contributed by atoms with E-state index in [0.717, 1.165) is 55.3 Å². The van der Waals surface area contributed by atoms with Crippen molar-refractivity contribution < 1.29 is 9.59 Å². The van der Waals surface area contributed by atoms with Crippen molar-refractivity contribution in [1.82, 2.24) is 9.88 Å². The first-order valence-electron chi connectivity index (χ1n) is 10.2. The third-order valence-corrected chi connectivity index (χ3v) is 6.33. The number of primary amides is 1. The van der Waals surface area contributed by atoms with Crippen molar-refractivity contribution in [3.63, 3.8) is 0 Å². The van der Waals surface area contributed by atoms with Gasteiger partial charge in [0.05, 0.1) is 5.41 Å². The van der Waals surface area contributed by atoms with Gasteiger partial charge >= 0.3 is 0 Å². The van der Waals surface area contributed by atoms with Gasteiger partial charge in [-0.25, -0.2) is 0 Å². The van der Waals surface area contributed by atoms with Gasteiger partial charge in [0.2, 0.25) is 11.8 Å². The molecule has 1 atom stereocenters. The topological polar surface area (TPSA) is 76.3 Å². The van der Waals surface area contributed by atoms with E-state index in [9.17, 15) is 9.59 Å². The molecular formula is C23H27N3O2. The second-order valence-electron chi connectivity index (χ2n) is 8.25. The minimum atomic E-state index is -0.689. The molecule has 146 valence electrons. The van der Waals surface area contributed by atoms with Crippen LogP contribution in [-0.2, 0) is 16.0 Å². The fourth-order valence-electron chi connectivity index (χ4n) is 4.45. The first-order valence-corrected chi connectivity index (χ1v) is 10.2. The number of aromatic nitrogens is 1. The van der Waals surface area contributed by atoms with Crippen LogP contribution in [0.1, 0.15) is 37.7 Å². The van der Waals surface area contributed by atoms with Gasteiger partial charge in [0.15, 0.2) is 0 Å². The molecule has 2 N–H and O–H groups in total. The summed E-state index contributed by atoms with van der Waals surface area (Å²) in [7, 11) is 0. The van der Waals surface area contributed by atoms with Crippen molar-refractivity contribution in [3.8, 4) is 11.1 Å². The van der Waals surface area contributed by atoms with Crippen molar-refractivity contribution in [2.45, 2.75) is 38.5 Å². The first-order chi connectivity index (χ1) is 13.6. The van der Waals surface area contributed by atoms with Crippen LogP contribution in [0.5, 0.6) is 0 Å². The van der Waals surface area contributed by atoms with Crippen LogP contribution in [-0.4, -0.2) is 34.8 Å². The number of likely N-dealkylation sites (tertiary alicyclic amines) is 1. The van der Waals surface area contributed by atoms with Crippen molar-refractivity contribution in [1.29, 1.82) is 0 Å². The van der Waals surface area contributed by atoms with Gasteiger partial charge in [0.25, 0.3) is 0 Å². The molecule has 0 radical (unpaired) electrons. The summed E-state index contributed by atoms with van der Waals surface area (Å²) in [4.78, 5) is 31.4. The summed E-state index contributed by atoms with van der Waals surface area (Å²) in [5.74, 6) is 0.0589. The lowest BCUT2D eigenvalue weighted by molar-refractivity contribution is -0.145. The van der Waals surface area contributed by atoms with Gasteiger partial charge < -0.3 is 10.6 Å². The fraction of sp³-hybridized carbons (Fsp3) is 0.435. The van der Waals surface area contributed by atoms with Gasteiger partial charge in [-0.15, -0.1) is 0 Å². The number of piperidine rings is 1. The Hall–Kier alpha value is -2.69. The molecule has 1 aromatic heterocycles. The fourth-order valence-corrected chi connectivity index (χ4v) is 4.45. The normalized spacial score (nSPS) is 22.5. The molecule has 1 aliphatic heterocycles. The highest BCUT2D eigenvalue weighted by molar-refractivity contribution is 5.84. The summed E-state index contributed by atoms with van der Waals surface area (Å²) in [6.45, 7) is 1.18. The zero-order valence-electron chi connectivity index (χ0n) is 16.1. The second kappa shape index (κ2) is 7.74. The monoisotopic (exact) mass is 377 g/mol. The van der Waals surface area contributed by atoms with Gasteiger partial charge in [-0.05, 0) is 54.9 Å². The van der Waals surface area contributed by atoms with E-state index < -0.39 is 5.41 Å². The Labute approximate surface area is 165 Å². The number of hydrogen-bond acceptors (Lipinski definition) is 3. The van der Waals surface area contributed by atoms with Crippen molar-refractivity contribution in [2.24, 2.45) is 17.1 Å². The van der Waals surface area contributed by atoms with E-state index in [1.54, 1.807) is 6.20 Å². The van der Waals surface area contributed by atoms with Gasteiger partial charge in [-0.3, -0.25) is 14.6 Å². The molecule has 28 heavy (non-hydrogen) atoms. The maximum atomic E-state index is 12.7. The molecule has 1 saturated heterocycles. The number of carbonyl (C=O) groups excluding carboxylic acids is 2. The molecule has 0 bridgehead atoms. The second-order valence-corrected chi connectivity index (χ2v) is 8.25. The maximum absolute atomic E-state index is 12.7. The molecule has 5 heteroatoms. The summed E-state index contributed by atoms with van der Waals surface area (Å²) >= 11 is 0. The van der Waals surface area contributed by atoms with Crippen LogP contribution < -0.4 is 5.73 Å². The van der Waals surface area contributed by atoms with Gasteiger partial charge in [0, 0.05) is 31.4 Å². The number of pyridine rings is 1. The van der Waals surface area contributed by atoms with E-state index in [4.69, 9.17) is 5.73 Å². The number of nitrogens with zero attached hydrogens (tertiary/aromatic N) is 2. The van der Waals surface area contributed by atoms with Crippen molar-refractivity contribution >= 4 is 11.8 Å². The molecular weight excluding hydrogens is 350 g/mol. The quantitative estimate of drug-likeness (QED) is 0.869. The minimum absolute atomic E-state index is 0.151. The third kappa shape index (κ3) is 3.66. The predicted octanol–water partition coefficient (Wildman–Crippen LogP) is 3.19. The van der Waals surface area contributed by atoms with Crippen LogP contribution in [0, 0.1) is 11.3 Å². The van der Waals surface area contributed by atoms with Crippen LogP contribution >= 0.6 is 0 Å². The van der Waals surface area contributed by atoms with Crippen LogP contribution in [0.3, 0.4) is 0 Å². The number of amides is 2. The molecule has 4 rings (SSSR count). The maximum Gasteiger partial charge on any atom is 0.225 e. The Balaban J connectivity index is 1.56. The molecule has 2 fully saturated rings. The number of rotatable bonds is 5. The number of nitrogens with two attached hydrogens (primary N) is 1. The van der Waals surface area contributed by atoms with Gasteiger partial charge in [-0.2, -0.15) is 0 Å². The first kappa shape index (κ1) is 18.7. The van der Waals surface area contributed by atoms with E-state index >= 15 is 0 Å². The smallest absolute Gasteiger partial charge is 0.225 e. The van der Waals surface area contributed by atoms with Crippen LogP contribution in [0.25, 0.3) is 11.1 Å². The Morgan fingerprint density at radius 2 is 1.96 bits per heavy atom. The molecule has 2 heterocycles. The molecule has 2 aromatic rings. The standard InChI is InChI=1S/C23H27N3O2/c24-22(28)23(10-4-12-26(16-23)21(27)18-6-2-7-18)14-17-5-1-8-19(13-17)20-9-3-11-25-15-20/h1,3,5,8-9,11,13,15,18H,2,4,6-7,10,12,14,16H2,(H2,24,28). The van der Waals surface area contributed by atoms with E-state index in [-0.39, 0.29) is 17.7 Å². The molecule has 5 nitrogen and oxygen atoms in total. The summed E-state index contributed by atoms with van der Waals surface area (Å²) in [6.07, 6.45) is 8.79. The molecule has 0 spiro atoms. The van der Waals surface area contributed by atoms with E-state index in [2.05, 4.69) is 11.1 Å². The molecule has 2 amide bonds. The summed E-state index contributed by atoms with van der Waals surface area (Å²) < 4.78 is 0. The highest BCUT2D eigenvalue weighted by atomic mass is 16.2. The highest BCUT2D eigenvalue weighted by Gasteiger charge is 2.43. The largest absolute Gasteiger partial charge is 0.369 e. The van der Waals surface area contributed by atoms with Crippen molar-refractivity contribution in [3.05, 3.63) is 54.4 Å². The number of hydrogen-bond donors (Lipinski definition) is 1. The number of carbonyl (C=O) groups is 2. The average Bonchev–Trinajstić information content (AvgIpc) is 2.67. The minimum Gasteiger partial charge on any atom is -0.369 e. The average molecular weight is 377 g/mol. The molecule has 2 aliphatic rings. The lowest BCUT2D eigenvalue weighted by atomic mass is 9.73. The third-order valence-electron chi connectivity index (χ3n) is 6.33. The van der Waals surface area contributed by atoms with E-state index in [1.165, 1.54) is 0 Å². The van der Waals surface area contributed by atoms with Crippen LogP contribution in [0.15, 0.2) is 48.8 Å². The Morgan fingerprint density at radius 3 is 2.64 bits per heavy atom. The zero-order chi connectivity index (χ0) is 19.6. The van der Waals surface area contributed by atoms with Crippen LogP contribution in [0.2, 0.25) is 0 Å². The lowest BCUT2D eigenvalue weighted by Crippen LogP contribution is -2.54. The zero-order valence-corrected chi connectivity index (χ0v) is 16.1. The molecule has 1 unspecified atom stereocenters. The predicted molar refractivity (Wildman–Crippen MR) is 108 cm³/mol. The molecule has 1 aliphatic carbocycles. The van der Waals surface area contributed by atoms with E-state index in [0.29, 0.717) is 13.0 Å². The Morgan fingerprint density at radius 1 is 1.14 bits per heavy atom. The lowest BCUT2D eigenvalue weighted by Gasteiger charge is -2.43. The number of benzene rings is 1. The molecule has 1 aromatic carbocycles. The van der Waals surface area contributed by atoms with E-state index in [1.807, 2.05) is 41.4 Å². The van der Waals surface area contributed by atoms with Crippen molar-refractivity contribution in [2.75, 3.05) is 13.1 Å². The van der Waals surface area contributed by atoms with Gasteiger partial charge in [0.1, 0.15) is 0 Å². The summed E-state index contributed by atoms with van der Waals surface area (Å²) in [5, 5.41) is 0. The molecule has 1 saturated carbocycles. The summed E-state index contributed by atoms with van der Waals surface area (Å²) in [6, 6.07) is 12.1. The Kier molecular flexibility index (Phi) is 5.16. The van der Waals surface area contributed by atoms with Crippen LogP contribution in [0.4, 0.5) is 0 Å².